The molecule has 2 unspecified atom stereocenters. The maximum atomic E-state index is 12.0. The Morgan fingerprint density at radius 2 is 1.82 bits per heavy atom. The second-order valence-electron chi connectivity index (χ2n) is 7.91. The number of nitrogens with zero attached hydrogens (tertiary/aromatic N) is 3. The van der Waals surface area contributed by atoms with Gasteiger partial charge < -0.3 is 15.5 Å². The fourth-order valence-electron chi connectivity index (χ4n) is 3.80. The van der Waals surface area contributed by atoms with Gasteiger partial charge >= 0.3 is 0 Å². The number of hydrogen-bond donors (Lipinski definition) is 2. The summed E-state index contributed by atoms with van der Waals surface area (Å²) < 4.78 is 0. The monoisotopic (exact) mass is 497 g/mol. The lowest BCUT2D eigenvalue weighted by atomic mass is 10.1. The van der Waals surface area contributed by atoms with Crippen molar-refractivity contribution in [3.05, 3.63) is 35.9 Å². The van der Waals surface area contributed by atoms with Crippen LogP contribution in [0.5, 0.6) is 0 Å². The summed E-state index contributed by atoms with van der Waals surface area (Å²) in [6, 6.07) is 11.7. The van der Waals surface area contributed by atoms with E-state index in [0.29, 0.717) is 24.5 Å². The van der Waals surface area contributed by atoms with Gasteiger partial charge in [0, 0.05) is 50.7 Å². The SMILES string of the molecule is CCN=C(NC1CC1c1ccccc1)N1CCN(CC(=O)NC2CC2)CC1.I. The molecule has 4 rings (SSSR count). The average molecular weight is 497 g/mol. The largest absolute Gasteiger partial charge is 0.353 e. The molecule has 0 spiro atoms. The molecule has 2 saturated carbocycles. The third-order valence-electron chi connectivity index (χ3n) is 5.62. The van der Waals surface area contributed by atoms with Gasteiger partial charge in [-0.25, -0.2) is 0 Å². The molecule has 2 N–H and O–H groups in total. The topological polar surface area (TPSA) is 60.0 Å². The van der Waals surface area contributed by atoms with E-state index in [2.05, 4.69) is 57.7 Å². The van der Waals surface area contributed by atoms with Crippen molar-refractivity contribution >= 4 is 35.8 Å². The van der Waals surface area contributed by atoms with E-state index in [1.165, 1.54) is 12.0 Å². The predicted octanol–water partition coefficient (Wildman–Crippen LogP) is 2.02. The van der Waals surface area contributed by atoms with Crippen LogP contribution in [-0.2, 0) is 4.79 Å². The summed E-state index contributed by atoms with van der Waals surface area (Å²) in [5.41, 5.74) is 1.41. The van der Waals surface area contributed by atoms with Crippen LogP contribution < -0.4 is 10.6 Å². The summed E-state index contributed by atoms with van der Waals surface area (Å²) in [7, 11) is 0. The van der Waals surface area contributed by atoms with Crippen LogP contribution in [0.3, 0.4) is 0 Å². The number of nitrogens with one attached hydrogen (secondary N) is 2. The maximum absolute atomic E-state index is 12.0. The molecule has 1 amide bonds. The lowest BCUT2D eigenvalue weighted by Gasteiger charge is -2.36. The standard InChI is InChI=1S/C21H31N5O.HI/c1-2-22-21(24-19-14-18(19)16-6-4-3-5-7-16)26-12-10-25(11-13-26)15-20(27)23-17-8-9-17;/h3-7,17-19H,2,8-15H2,1H3,(H,22,24)(H,23,27);1H. The van der Waals surface area contributed by atoms with Crippen LogP contribution in [-0.4, -0.2) is 73.0 Å². The van der Waals surface area contributed by atoms with Crippen molar-refractivity contribution < 1.29 is 4.79 Å². The third kappa shape index (κ3) is 5.83. The molecular formula is C21H32IN5O. The smallest absolute Gasteiger partial charge is 0.234 e. The molecule has 0 bridgehead atoms. The van der Waals surface area contributed by atoms with Crippen LogP contribution in [0.15, 0.2) is 35.3 Å². The van der Waals surface area contributed by atoms with Crippen LogP contribution in [0.25, 0.3) is 0 Å². The van der Waals surface area contributed by atoms with Crippen LogP contribution in [0.2, 0.25) is 0 Å². The minimum absolute atomic E-state index is 0. The first kappa shape index (κ1) is 21.4. The van der Waals surface area contributed by atoms with E-state index in [4.69, 9.17) is 4.99 Å². The van der Waals surface area contributed by atoms with Crippen molar-refractivity contribution in [2.45, 2.75) is 44.2 Å². The summed E-state index contributed by atoms with van der Waals surface area (Å²) in [6.07, 6.45) is 3.47. The number of hydrogen-bond acceptors (Lipinski definition) is 3. The number of amides is 1. The van der Waals surface area contributed by atoms with Gasteiger partial charge in [0.2, 0.25) is 5.91 Å². The number of piperazine rings is 1. The Labute approximate surface area is 185 Å². The van der Waals surface area contributed by atoms with Crippen molar-refractivity contribution in [2.75, 3.05) is 39.3 Å². The third-order valence-corrected chi connectivity index (χ3v) is 5.62. The lowest BCUT2D eigenvalue weighted by Crippen LogP contribution is -2.54. The number of halogens is 1. The van der Waals surface area contributed by atoms with Gasteiger partial charge in [-0.05, 0) is 31.7 Å². The minimum Gasteiger partial charge on any atom is -0.353 e. The normalized spacial score (nSPS) is 25.0. The predicted molar refractivity (Wildman–Crippen MR) is 123 cm³/mol. The lowest BCUT2D eigenvalue weighted by molar-refractivity contribution is -0.122. The fourth-order valence-corrected chi connectivity index (χ4v) is 3.80. The molecule has 6 nitrogen and oxygen atoms in total. The molecule has 154 valence electrons. The molecule has 3 aliphatic rings. The molecule has 0 radical (unpaired) electrons. The average Bonchev–Trinajstić information content (AvgIpc) is 3.60. The summed E-state index contributed by atoms with van der Waals surface area (Å²) in [6.45, 7) is 7.06. The zero-order chi connectivity index (χ0) is 18.6. The van der Waals surface area contributed by atoms with E-state index in [9.17, 15) is 4.79 Å². The minimum atomic E-state index is 0. The molecule has 2 aliphatic carbocycles. The van der Waals surface area contributed by atoms with E-state index >= 15 is 0 Å². The molecule has 7 heteroatoms. The Balaban J connectivity index is 0.00000225. The molecule has 1 saturated heterocycles. The van der Waals surface area contributed by atoms with Crippen LogP contribution in [0.4, 0.5) is 0 Å². The second kappa shape index (κ2) is 9.91. The zero-order valence-electron chi connectivity index (χ0n) is 16.6. The first-order chi connectivity index (χ1) is 13.2. The maximum Gasteiger partial charge on any atom is 0.234 e. The van der Waals surface area contributed by atoms with E-state index in [1.807, 2.05) is 0 Å². The number of aliphatic imine (C=N–C) groups is 1. The van der Waals surface area contributed by atoms with E-state index in [-0.39, 0.29) is 29.9 Å². The van der Waals surface area contributed by atoms with Crippen molar-refractivity contribution in [3.63, 3.8) is 0 Å². The van der Waals surface area contributed by atoms with Gasteiger partial charge in [-0.1, -0.05) is 30.3 Å². The Bertz CT molecular complexity index is 671. The molecule has 28 heavy (non-hydrogen) atoms. The highest BCUT2D eigenvalue weighted by Crippen LogP contribution is 2.40. The number of carbonyl (C=O) groups is 1. The fraction of sp³-hybridized carbons (Fsp3) is 0.619. The van der Waals surface area contributed by atoms with Gasteiger partial charge in [-0.2, -0.15) is 0 Å². The van der Waals surface area contributed by atoms with Gasteiger partial charge in [0.25, 0.3) is 0 Å². The van der Waals surface area contributed by atoms with Gasteiger partial charge in [0.1, 0.15) is 0 Å². The molecule has 1 aliphatic heterocycles. The summed E-state index contributed by atoms with van der Waals surface area (Å²) >= 11 is 0. The number of guanidine groups is 1. The van der Waals surface area contributed by atoms with E-state index in [1.54, 1.807) is 0 Å². The van der Waals surface area contributed by atoms with E-state index in [0.717, 1.165) is 51.5 Å². The first-order valence-electron chi connectivity index (χ1n) is 10.4. The Morgan fingerprint density at radius 3 is 2.46 bits per heavy atom. The Morgan fingerprint density at radius 1 is 1.11 bits per heavy atom. The molecule has 1 heterocycles. The first-order valence-corrected chi connectivity index (χ1v) is 10.4. The quantitative estimate of drug-likeness (QED) is 0.359. The summed E-state index contributed by atoms with van der Waals surface area (Å²) in [4.78, 5) is 21.3. The Hall–Kier alpha value is -1.35. The number of rotatable bonds is 6. The van der Waals surface area contributed by atoms with Crippen molar-refractivity contribution in [2.24, 2.45) is 4.99 Å². The van der Waals surface area contributed by atoms with E-state index < -0.39 is 0 Å². The van der Waals surface area contributed by atoms with Crippen molar-refractivity contribution in [3.8, 4) is 0 Å². The highest BCUT2D eigenvalue weighted by molar-refractivity contribution is 14.0. The highest BCUT2D eigenvalue weighted by Gasteiger charge is 2.39. The van der Waals surface area contributed by atoms with Crippen LogP contribution in [0, 0.1) is 0 Å². The molecule has 1 aromatic rings. The number of benzene rings is 1. The number of carbonyl (C=O) groups excluding carboxylic acids is 1. The molecule has 1 aromatic carbocycles. The molecular weight excluding hydrogens is 465 g/mol. The molecule has 2 atom stereocenters. The van der Waals surface area contributed by atoms with Crippen LogP contribution >= 0.6 is 24.0 Å². The zero-order valence-corrected chi connectivity index (χ0v) is 19.0. The van der Waals surface area contributed by atoms with Crippen molar-refractivity contribution in [1.82, 2.24) is 20.4 Å². The molecule has 3 fully saturated rings. The summed E-state index contributed by atoms with van der Waals surface area (Å²) in [5, 5.41) is 6.76. The highest BCUT2D eigenvalue weighted by atomic mass is 127. The Kier molecular flexibility index (Phi) is 7.56. The van der Waals surface area contributed by atoms with Crippen LogP contribution in [0.1, 0.15) is 37.7 Å². The van der Waals surface area contributed by atoms with Gasteiger partial charge in [-0.15, -0.1) is 24.0 Å². The van der Waals surface area contributed by atoms with Crippen molar-refractivity contribution in [1.29, 1.82) is 0 Å². The van der Waals surface area contributed by atoms with Gasteiger partial charge in [-0.3, -0.25) is 14.7 Å². The summed E-state index contributed by atoms with van der Waals surface area (Å²) in [5.74, 6) is 1.80. The van der Waals surface area contributed by atoms with Gasteiger partial charge in [0.15, 0.2) is 5.96 Å². The van der Waals surface area contributed by atoms with Gasteiger partial charge in [0.05, 0.1) is 6.54 Å². The molecule has 0 aromatic heterocycles. The second-order valence-corrected chi connectivity index (χ2v) is 7.91.